The highest BCUT2D eigenvalue weighted by Crippen LogP contribution is 2.42. The Morgan fingerprint density at radius 3 is 2.29 bits per heavy atom. The maximum atomic E-state index is 2.38. The first-order chi connectivity index (χ1) is 10.4. The first kappa shape index (κ1) is 13.5. The summed E-state index contributed by atoms with van der Waals surface area (Å²) in [5, 5.41) is 8.72. The first-order valence-corrected chi connectivity index (χ1v) is 10.1. The van der Waals surface area contributed by atoms with Crippen molar-refractivity contribution in [2.24, 2.45) is 0 Å². The topological polar surface area (TPSA) is 0 Å². The molecule has 4 aromatic rings. The molecule has 0 amide bonds. The van der Waals surface area contributed by atoms with Crippen LogP contribution in [0.4, 0.5) is 0 Å². The largest absolute Gasteiger partial charge is 0.152 e. The molecule has 0 nitrogen and oxygen atoms in total. The lowest BCUT2D eigenvalue weighted by molar-refractivity contribution is 1.23. The Balaban J connectivity index is 1.79. The van der Waals surface area contributed by atoms with E-state index in [0.29, 0.717) is 0 Å². The quantitative estimate of drug-likeness (QED) is 0.379. The van der Waals surface area contributed by atoms with Crippen LogP contribution < -0.4 is 0 Å². The van der Waals surface area contributed by atoms with Crippen molar-refractivity contribution in [3.63, 3.8) is 0 Å². The van der Waals surface area contributed by atoms with Crippen molar-refractivity contribution < 1.29 is 0 Å². The Kier molecular flexibility index (Phi) is 3.78. The van der Waals surface area contributed by atoms with E-state index in [0.717, 1.165) is 6.42 Å². The van der Waals surface area contributed by atoms with E-state index in [1.54, 1.807) is 11.3 Å². The molecule has 4 aromatic heterocycles. The lowest BCUT2D eigenvalue weighted by Gasteiger charge is -1.99. The number of hydrogen-bond acceptors (Lipinski definition) is 4. The Labute approximate surface area is 140 Å². The number of thiophene rings is 4. The molecular formula is C17H12S4. The molecule has 0 aliphatic heterocycles. The summed E-state index contributed by atoms with van der Waals surface area (Å²) in [7, 11) is 0. The normalized spacial score (nSPS) is 11.0. The lowest BCUT2D eigenvalue weighted by atomic mass is 10.1. The van der Waals surface area contributed by atoms with E-state index in [4.69, 9.17) is 0 Å². The molecule has 0 N–H and O–H groups in total. The second kappa shape index (κ2) is 5.89. The van der Waals surface area contributed by atoms with Crippen LogP contribution in [-0.4, -0.2) is 0 Å². The summed E-state index contributed by atoms with van der Waals surface area (Å²) in [5.74, 6) is 0. The van der Waals surface area contributed by atoms with Gasteiger partial charge in [0.1, 0.15) is 0 Å². The van der Waals surface area contributed by atoms with E-state index in [-0.39, 0.29) is 0 Å². The van der Waals surface area contributed by atoms with E-state index >= 15 is 0 Å². The molecule has 0 spiro atoms. The second-order valence-corrected chi connectivity index (χ2v) is 8.46. The molecule has 4 heterocycles. The first-order valence-electron chi connectivity index (χ1n) is 6.62. The minimum absolute atomic E-state index is 1.03. The highest BCUT2D eigenvalue weighted by atomic mass is 32.1. The minimum atomic E-state index is 1.03. The second-order valence-electron chi connectivity index (χ2n) is 4.73. The Bertz CT molecular complexity index is 803. The van der Waals surface area contributed by atoms with Crippen molar-refractivity contribution in [3.8, 4) is 19.5 Å². The Hall–Kier alpha value is -1.20. The van der Waals surface area contributed by atoms with Crippen LogP contribution in [0.25, 0.3) is 19.5 Å². The number of hydrogen-bond donors (Lipinski definition) is 0. The summed E-state index contributed by atoms with van der Waals surface area (Å²) in [5.41, 5.74) is 2.86. The van der Waals surface area contributed by atoms with Gasteiger partial charge in [0.25, 0.3) is 0 Å². The standard InChI is InChI=1S/C17H12S4/c1-3-14(19-6-1)16-10-13(9-12-5-8-18-11-12)17(21-16)15-4-2-7-20-15/h1-8,10-11H,9H2. The molecule has 0 aliphatic rings. The molecule has 0 atom stereocenters. The third-order valence-electron chi connectivity index (χ3n) is 3.29. The van der Waals surface area contributed by atoms with Gasteiger partial charge in [-0.2, -0.15) is 11.3 Å². The Morgan fingerprint density at radius 2 is 1.62 bits per heavy atom. The molecule has 0 fully saturated rings. The van der Waals surface area contributed by atoms with E-state index in [9.17, 15) is 0 Å². The molecule has 0 aliphatic carbocycles. The third kappa shape index (κ3) is 2.77. The average Bonchev–Trinajstić information content (AvgIpc) is 3.28. The van der Waals surface area contributed by atoms with Crippen LogP contribution in [0.5, 0.6) is 0 Å². The summed E-state index contributed by atoms with van der Waals surface area (Å²) < 4.78 is 0. The molecule has 0 saturated heterocycles. The number of rotatable bonds is 4. The van der Waals surface area contributed by atoms with Crippen molar-refractivity contribution in [2.45, 2.75) is 6.42 Å². The van der Waals surface area contributed by atoms with Gasteiger partial charge in [0.05, 0.1) is 0 Å². The summed E-state index contributed by atoms with van der Waals surface area (Å²) in [6.07, 6.45) is 1.03. The molecule has 21 heavy (non-hydrogen) atoms. The van der Waals surface area contributed by atoms with Crippen LogP contribution >= 0.6 is 45.3 Å². The lowest BCUT2D eigenvalue weighted by Crippen LogP contribution is -1.84. The van der Waals surface area contributed by atoms with Gasteiger partial charge in [0.2, 0.25) is 0 Å². The fourth-order valence-electron chi connectivity index (χ4n) is 2.33. The van der Waals surface area contributed by atoms with Gasteiger partial charge < -0.3 is 0 Å². The summed E-state index contributed by atoms with van der Waals surface area (Å²) in [4.78, 5) is 5.57. The van der Waals surface area contributed by atoms with Crippen LogP contribution in [0.1, 0.15) is 11.1 Å². The highest BCUT2D eigenvalue weighted by molar-refractivity contribution is 7.26. The van der Waals surface area contributed by atoms with Crippen LogP contribution in [-0.2, 0) is 6.42 Å². The van der Waals surface area contributed by atoms with Gasteiger partial charge in [-0.15, -0.1) is 34.0 Å². The van der Waals surface area contributed by atoms with Gasteiger partial charge >= 0.3 is 0 Å². The van der Waals surface area contributed by atoms with E-state index in [2.05, 4.69) is 57.9 Å². The zero-order valence-corrected chi connectivity index (χ0v) is 14.4. The van der Waals surface area contributed by atoms with Crippen molar-refractivity contribution in [3.05, 3.63) is 69.0 Å². The molecule has 0 aromatic carbocycles. The zero-order chi connectivity index (χ0) is 14.1. The van der Waals surface area contributed by atoms with Crippen molar-refractivity contribution in [1.29, 1.82) is 0 Å². The van der Waals surface area contributed by atoms with Crippen LogP contribution in [0.2, 0.25) is 0 Å². The molecule has 0 unspecified atom stereocenters. The summed E-state index contributed by atoms with van der Waals surface area (Å²) in [6.45, 7) is 0. The predicted octanol–water partition coefficient (Wildman–Crippen LogP) is 6.86. The minimum Gasteiger partial charge on any atom is -0.152 e. The zero-order valence-electron chi connectivity index (χ0n) is 11.1. The fourth-order valence-corrected chi connectivity index (χ4v) is 5.89. The average molecular weight is 345 g/mol. The van der Waals surface area contributed by atoms with Crippen LogP contribution in [0.3, 0.4) is 0 Å². The maximum absolute atomic E-state index is 2.38. The van der Waals surface area contributed by atoms with E-state index in [1.807, 2.05) is 34.0 Å². The SMILES string of the molecule is c1csc(-c2cc(Cc3ccsc3)c(-c3cccs3)s2)c1. The van der Waals surface area contributed by atoms with Gasteiger partial charge in [-0.25, -0.2) is 0 Å². The van der Waals surface area contributed by atoms with Crippen LogP contribution in [0, 0.1) is 0 Å². The smallest absolute Gasteiger partial charge is 0.0484 e. The van der Waals surface area contributed by atoms with Crippen molar-refractivity contribution in [1.82, 2.24) is 0 Å². The molecule has 4 rings (SSSR count). The molecular weight excluding hydrogens is 332 g/mol. The Morgan fingerprint density at radius 1 is 0.810 bits per heavy atom. The summed E-state index contributed by atoms with van der Waals surface area (Å²) in [6, 6.07) is 13.3. The highest BCUT2D eigenvalue weighted by Gasteiger charge is 2.14. The van der Waals surface area contributed by atoms with E-state index in [1.165, 1.54) is 30.6 Å². The van der Waals surface area contributed by atoms with E-state index < -0.39 is 0 Å². The van der Waals surface area contributed by atoms with Gasteiger partial charge in [-0.05, 0) is 63.3 Å². The summed E-state index contributed by atoms with van der Waals surface area (Å²) >= 11 is 7.34. The fraction of sp³-hybridized carbons (Fsp3) is 0.0588. The van der Waals surface area contributed by atoms with Crippen molar-refractivity contribution >= 4 is 45.3 Å². The molecule has 4 heteroatoms. The monoisotopic (exact) mass is 344 g/mol. The third-order valence-corrected chi connectivity index (χ3v) is 7.32. The molecule has 0 radical (unpaired) electrons. The maximum Gasteiger partial charge on any atom is 0.0484 e. The molecule has 0 saturated carbocycles. The van der Waals surface area contributed by atoms with Crippen LogP contribution in [0.15, 0.2) is 57.9 Å². The van der Waals surface area contributed by atoms with Gasteiger partial charge in [-0.3, -0.25) is 0 Å². The molecule has 0 bridgehead atoms. The van der Waals surface area contributed by atoms with Gasteiger partial charge in [-0.1, -0.05) is 12.1 Å². The van der Waals surface area contributed by atoms with Gasteiger partial charge in [0.15, 0.2) is 0 Å². The van der Waals surface area contributed by atoms with Crippen molar-refractivity contribution in [2.75, 3.05) is 0 Å². The predicted molar refractivity (Wildman–Crippen MR) is 98.1 cm³/mol. The molecule has 104 valence electrons. The van der Waals surface area contributed by atoms with Gasteiger partial charge in [0, 0.05) is 19.5 Å².